The van der Waals surface area contributed by atoms with E-state index in [-0.39, 0.29) is 0 Å². The number of hydrogen-bond donors (Lipinski definition) is 1. The molecule has 3 fully saturated rings. The SMILES string of the molecule is CCNCC1(CN2CCC3(CCCC3)CC2)CCOCC1. The number of nitrogens with one attached hydrogen (secondary N) is 1. The fourth-order valence-electron chi connectivity index (χ4n) is 4.87. The summed E-state index contributed by atoms with van der Waals surface area (Å²) in [5.74, 6) is 0. The molecule has 0 atom stereocenters. The maximum absolute atomic E-state index is 5.62. The number of hydrogen-bond acceptors (Lipinski definition) is 3. The molecule has 2 saturated heterocycles. The van der Waals surface area contributed by atoms with Crippen molar-refractivity contribution in [1.29, 1.82) is 0 Å². The van der Waals surface area contributed by atoms with E-state index in [0.717, 1.165) is 25.2 Å². The number of ether oxygens (including phenoxy) is 1. The molecule has 2 heterocycles. The van der Waals surface area contributed by atoms with Gasteiger partial charge in [-0.1, -0.05) is 19.8 Å². The summed E-state index contributed by atoms with van der Waals surface area (Å²) in [6, 6.07) is 0. The van der Waals surface area contributed by atoms with Crippen LogP contribution in [0.1, 0.15) is 58.3 Å². The van der Waals surface area contributed by atoms with Crippen LogP contribution in [0.15, 0.2) is 0 Å². The number of likely N-dealkylation sites (tertiary alicyclic amines) is 1. The molecular weight excluding hydrogens is 260 g/mol. The summed E-state index contributed by atoms with van der Waals surface area (Å²) in [7, 11) is 0. The predicted molar refractivity (Wildman–Crippen MR) is 87.6 cm³/mol. The molecule has 3 aliphatic rings. The second kappa shape index (κ2) is 6.97. The van der Waals surface area contributed by atoms with Crippen LogP contribution in [-0.2, 0) is 4.74 Å². The van der Waals surface area contributed by atoms with Gasteiger partial charge in [-0.2, -0.15) is 0 Å². The van der Waals surface area contributed by atoms with Crippen molar-refractivity contribution >= 4 is 0 Å². The van der Waals surface area contributed by atoms with Gasteiger partial charge in [-0.3, -0.25) is 0 Å². The van der Waals surface area contributed by atoms with Gasteiger partial charge in [0, 0.05) is 26.3 Å². The van der Waals surface area contributed by atoms with Gasteiger partial charge in [0.1, 0.15) is 0 Å². The van der Waals surface area contributed by atoms with Crippen molar-refractivity contribution in [3.63, 3.8) is 0 Å². The Morgan fingerprint density at radius 2 is 1.62 bits per heavy atom. The minimum Gasteiger partial charge on any atom is -0.381 e. The largest absolute Gasteiger partial charge is 0.381 e. The fraction of sp³-hybridized carbons (Fsp3) is 1.00. The molecule has 3 nitrogen and oxygen atoms in total. The van der Waals surface area contributed by atoms with Crippen molar-refractivity contribution in [2.45, 2.75) is 58.3 Å². The fourth-order valence-corrected chi connectivity index (χ4v) is 4.87. The Kier molecular flexibility index (Phi) is 5.23. The lowest BCUT2D eigenvalue weighted by atomic mass is 9.75. The van der Waals surface area contributed by atoms with E-state index in [1.807, 2.05) is 0 Å². The van der Waals surface area contributed by atoms with Gasteiger partial charge in [0.2, 0.25) is 0 Å². The lowest BCUT2D eigenvalue weighted by Crippen LogP contribution is -2.50. The third-order valence-corrected chi connectivity index (χ3v) is 6.44. The molecule has 3 heteroatoms. The minimum atomic E-state index is 0.467. The molecule has 1 saturated carbocycles. The van der Waals surface area contributed by atoms with Crippen molar-refractivity contribution in [2.75, 3.05) is 45.9 Å². The van der Waals surface area contributed by atoms with Crippen LogP contribution < -0.4 is 5.32 Å². The molecule has 0 aromatic carbocycles. The van der Waals surface area contributed by atoms with Gasteiger partial charge in [0.15, 0.2) is 0 Å². The van der Waals surface area contributed by atoms with E-state index < -0.39 is 0 Å². The lowest BCUT2D eigenvalue weighted by molar-refractivity contribution is -0.0153. The van der Waals surface area contributed by atoms with Crippen molar-refractivity contribution in [1.82, 2.24) is 10.2 Å². The van der Waals surface area contributed by atoms with E-state index in [4.69, 9.17) is 4.74 Å². The molecule has 1 spiro atoms. The molecule has 0 unspecified atom stereocenters. The van der Waals surface area contributed by atoms with E-state index in [0.29, 0.717) is 5.41 Å². The van der Waals surface area contributed by atoms with Crippen LogP contribution in [0.3, 0.4) is 0 Å². The minimum absolute atomic E-state index is 0.467. The Balaban J connectivity index is 1.53. The number of nitrogens with zero attached hydrogens (tertiary/aromatic N) is 1. The van der Waals surface area contributed by atoms with Crippen LogP contribution in [0.4, 0.5) is 0 Å². The highest BCUT2D eigenvalue weighted by molar-refractivity contribution is 4.93. The first-order valence-electron chi connectivity index (χ1n) is 9.27. The summed E-state index contributed by atoms with van der Waals surface area (Å²) in [5, 5.41) is 3.61. The monoisotopic (exact) mass is 294 g/mol. The molecule has 0 radical (unpaired) electrons. The zero-order chi connectivity index (χ0) is 14.6. The van der Waals surface area contributed by atoms with Gasteiger partial charge in [0.25, 0.3) is 0 Å². The van der Waals surface area contributed by atoms with E-state index in [9.17, 15) is 0 Å². The Bertz CT molecular complexity index is 309. The van der Waals surface area contributed by atoms with Gasteiger partial charge in [-0.15, -0.1) is 0 Å². The Labute approximate surface area is 130 Å². The molecule has 1 aliphatic carbocycles. The number of piperidine rings is 1. The average Bonchev–Trinajstić information content (AvgIpc) is 2.97. The van der Waals surface area contributed by atoms with Crippen molar-refractivity contribution < 1.29 is 4.74 Å². The molecule has 2 aliphatic heterocycles. The van der Waals surface area contributed by atoms with Gasteiger partial charge >= 0.3 is 0 Å². The maximum atomic E-state index is 5.62. The van der Waals surface area contributed by atoms with Crippen LogP contribution in [0.25, 0.3) is 0 Å². The summed E-state index contributed by atoms with van der Waals surface area (Å²) in [6.45, 7) is 10.4. The summed E-state index contributed by atoms with van der Waals surface area (Å²) >= 11 is 0. The van der Waals surface area contributed by atoms with Crippen LogP contribution in [0, 0.1) is 10.8 Å². The highest BCUT2D eigenvalue weighted by atomic mass is 16.5. The van der Waals surface area contributed by atoms with Gasteiger partial charge in [-0.25, -0.2) is 0 Å². The third kappa shape index (κ3) is 3.80. The molecule has 0 amide bonds. The van der Waals surface area contributed by atoms with Crippen LogP contribution in [0.2, 0.25) is 0 Å². The first kappa shape index (κ1) is 15.8. The van der Waals surface area contributed by atoms with E-state index in [1.165, 1.54) is 77.5 Å². The van der Waals surface area contributed by atoms with Crippen LogP contribution in [-0.4, -0.2) is 50.8 Å². The standard InChI is InChI=1S/C18H34N2O/c1-2-19-15-18(9-13-21-14-10-18)16-20-11-7-17(8-12-20)5-3-4-6-17/h19H,2-16H2,1H3. The first-order chi connectivity index (χ1) is 10.3. The predicted octanol–water partition coefficient (Wildman–Crippen LogP) is 3.05. The van der Waals surface area contributed by atoms with E-state index in [2.05, 4.69) is 17.1 Å². The number of rotatable bonds is 5. The smallest absolute Gasteiger partial charge is 0.0472 e. The Morgan fingerprint density at radius 1 is 0.952 bits per heavy atom. The highest BCUT2D eigenvalue weighted by Crippen LogP contribution is 2.46. The normalized spacial score (nSPS) is 29.0. The summed E-state index contributed by atoms with van der Waals surface area (Å²) in [4.78, 5) is 2.77. The molecule has 3 rings (SSSR count). The topological polar surface area (TPSA) is 24.5 Å². The molecule has 122 valence electrons. The Hall–Kier alpha value is -0.120. The van der Waals surface area contributed by atoms with E-state index in [1.54, 1.807) is 0 Å². The van der Waals surface area contributed by atoms with Gasteiger partial charge in [0.05, 0.1) is 0 Å². The molecular formula is C18H34N2O. The second-order valence-corrected chi connectivity index (χ2v) is 7.88. The summed E-state index contributed by atoms with van der Waals surface area (Å²) < 4.78 is 5.62. The average molecular weight is 294 g/mol. The van der Waals surface area contributed by atoms with Crippen molar-refractivity contribution in [3.05, 3.63) is 0 Å². The van der Waals surface area contributed by atoms with Crippen LogP contribution >= 0.6 is 0 Å². The molecule has 1 N–H and O–H groups in total. The third-order valence-electron chi connectivity index (χ3n) is 6.44. The summed E-state index contributed by atoms with van der Waals surface area (Å²) in [5.41, 5.74) is 1.22. The lowest BCUT2D eigenvalue weighted by Gasteiger charge is -2.45. The molecule has 0 aromatic heterocycles. The van der Waals surface area contributed by atoms with Crippen LogP contribution in [0.5, 0.6) is 0 Å². The molecule has 21 heavy (non-hydrogen) atoms. The van der Waals surface area contributed by atoms with Gasteiger partial charge in [-0.05, 0) is 69.0 Å². The molecule has 0 bridgehead atoms. The first-order valence-corrected chi connectivity index (χ1v) is 9.27. The molecule has 0 aromatic rings. The quantitative estimate of drug-likeness (QED) is 0.843. The zero-order valence-electron chi connectivity index (χ0n) is 14.0. The van der Waals surface area contributed by atoms with Gasteiger partial charge < -0.3 is 15.0 Å². The maximum Gasteiger partial charge on any atom is 0.0472 e. The van der Waals surface area contributed by atoms with Crippen molar-refractivity contribution in [2.24, 2.45) is 10.8 Å². The summed E-state index contributed by atoms with van der Waals surface area (Å²) in [6.07, 6.45) is 11.4. The Morgan fingerprint density at radius 3 is 2.24 bits per heavy atom. The second-order valence-electron chi connectivity index (χ2n) is 7.88. The van der Waals surface area contributed by atoms with E-state index >= 15 is 0 Å². The highest BCUT2D eigenvalue weighted by Gasteiger charge is 2.40. The zero-order valence-corrected chi connectivity index (χ0v) is 14.0. The van der Waals surface area contributed by atoms with Crippen molar-refractivity contribution in [3.8, 4) is 0 Å².